The number of carboxylic acid groups (broad SMARTS) is 1. The summed E-state index contributed by atoms with van der Waals surface area (Å²) in [6, 6.07) is 14.2. The summed E-state index contributed by atoms with van der Waals surface area (Å²) in [5.41, 5.74) is 1.97. The third-order valence-corrected chi connectivity index (χ3v) is 3.85. The molecule has 0 bridgehead atoms. The van der Waals surface area contributed by atoms with Crippen LogP contribution in [0.2, 0.25) is 0 Å². The minimum atomic E-state index is -0.826. The van der Waals surface area contributed by atoms with E-state index in [1.165, 1.54) is 0 Å². The quantitative estimate of drug-likeness (QED) is 0.673. The summed E-state index contributed by atoms with van der Waals surface area (Å²) in [7, 11) is 1.59. The van der Waals surface area contributed by atoms with Crippen molar-refractivity contribution in [3.63, 3.8) is 0 Å². The Morgan fingerprint density at radius 1 is 1.08 bits per heavy atom. The lowest BCUT2D eigenvalue weighted by atomic mass is 10.0. The Hall–Kier alpha value is -2.86. The molecule has 2 aromatic carbocycles. The molecule has 0 aliphatic heterocycles. The molecule has 0 radical (unpaired) electrons. The van der Waals surface area contributed by atoms with Crippen LogP contribution in [0.4, 0.5) is 5.69 Å². The van der Waals surface area contributed by atoms with E-state index in [4.69, 9.17) is 14.6 Å². The van der Waals surface area contributed by atoms with Gasteiger partial charge in [0.1, 0.15) is 12.4 Å². The van der Waals surface area contributed by atoms with Crippen molar-refractivity contribution in [3.8, 4) is 5.75 Å². The maximum Gasteiger partial charge on any atom is 0.306 e. The third kappa shape index (κ3) is 5.60. The van der Waals surface area contributed by atoms with Crippen molar-refractivity contribution in [2.75, 3.05) is 25.6 Å². The van der Waals surface area contributed by atoms with Crippen molar-refractivity contribution in [2.45, 2.75) is 13.3 Å². The number of amides is 1. The lowest BCUT2D eigenvalue weighted by Crippen LogP contribution is -2.15. The average molecular weight is 357 g/mol. The number of anilines is 1. The largest absolute Gasteiger partial charge is 0.490 e. The molecule has 0 fully saturated rings. The van der Waals surface area contributed by atoms with Gasteiger partial charge in [0, 0.05) is 12.8 Å². The number of para-hydroxylation sites is 1. The van der Waals surface area contributed by atoms with Gasteiger partial charge in [-0.3, -0.25) is 9.59 Å². The first kappa shape index (κ1) is 19.5. The standard InChI is InChI=1S/C20H23NO5/c1-14(20(23)24)13-15-7-9-16(10-8-15)21-19(22)17-5-3-4-6-18(17)26-12-11-25-2/h3-10,14H,11-13H2,1-2H3,(H,21,22)(H,23,24). The van der Waals surface area contributed by atoms with E-state index >= 15 is 0 Å². The number of ether oxygens (including phenoxy) is 2. The lowest BCUT2D eigenvalue weighted by molar-refractivity contribution is -0.141. The van der Waals surface area contributed by atoms with Gasteiger partial charge >= 0.3 is 5.97 Å². The van der Waals surface area contributed by atoms with Crippen molar-refractivity contribution in [1.82, 2.24) is 0 Å². The van der Waals surface area contributed by atoms with Crippen LogP contribution in [0.1, 0.15) is 22.8 Å². The zero-order valence-corrected chi connectivity index (χ0v) is 14.9. The number of nitrogens with one attached hydrogen (secondary N) is 1. The van der Waals surface area contributed by atoms with Crippen LogP contribution in [-0.2, 0) is 16.0 Å². The Morgan fingerprint density at radius 3 is 2.42 bits per heavy atom. The second kappa shape index (κ2) is 9.58. The number of carbonyl (C=O) groups is 2. The number of hydrogen-bond acceptors (Lipinski definition) is 4. The van der Waals surface area contributed by atoms with Crippen molar-refractivity contribution >= 4 is 17.6 Å². The highest BCUT2D eigenvalue weighted by atomic mass is 16.5. The highest BCUT2D eigenvalue weighted by Crippen LogP contribution is 2.20. The molecule has 0 saturated carbocycles. The van der Waals surface area contributed by atoms with Crippen molar-refractivity contribution in [3.05, 3.63) is 59.7 Å². The van der Waals surface area contributed by atoms with E-state index in [1.807, 2.05) is 12.1 Å². The molecular formula is C20H23NO5. The fourth-order valence-corrected chi connectivity index (χ4v) is 2.38. The van der Waals surface area contributed by atoms with Crippen LogP contribution >= 0.6 is 0 Å². The lowest BCUT2D eigenvalue weighted by Gasteiger charge is -2.12. The van der Waals surface area contributed by atoms with Crippen molar-refractivity contribution in [2.24, 2.45) is 5.92 Å². The van der Waals surface area contributed by atoms with Gasteiger partial charge in [-0.25, -0.2) is 0 Å². The second-order valence-electron chi connectivity index (χ2n) is 5.93. The Kier molecular flexibility index (Phi) is 7.17. The summed E-state index contributed by atoms with van der Waals surface area (Å²) in [5, 5.41) is 11.8. The van der Waals surface area contributed by atoms with Crippen LogP contribution in [-0.4, -0.2) is 37.3 Å². The van der Waals surface area contributed by atoms with Gasteiger partial charge in [0.15, 0.2) is 0 Å². The Morgan fingerprint density at radius 2 is 1.77 bits per heavy atom. The van der Waals surface area contributed by atoms with Crippen LogP contribution in [0.15, 0.2) is 48.5 Å². The molecular weight excluding hydrogens is 334 g/mol. The normalized spacial score (nSPS) is 11.6. The number of carbonyl (C=O) groups excluding carboxylic acids is 1. The maximum atomic E-state index is 12.5. The molecule has 0 aliphatic carbocycles. The summed E-state index contributed by atoms with van der Waals surface area (Å²) >= 11 is 0. The highest BCUT2D eigenvalue weighted by molar-refractivity contribution is 6.06. The summed E-state index contributed by atoms with van der Waals surface area (Å²) in [6.45, 7) is 2.46. The third-order valence-electron chi connectivity index (χ3n) is 3.85. The molecule has 138 valence electrons. The number of benzene rings is 2. The SMILES string of the molecule is COCCOc1ccccc1C(=O)Nc1ccc(CC(C)C(=O)O)cc1. The predicted molar refractivity (Wildman–Crippen MR) is 98.7 cm³/mol. The number of carboxylic acids is 1. The molecule has 0 heterocycles. The molecule has 26 heavy (non-hydrogen) atoms. The molecule has 0 aliphatic rings. The van der Waals surface area contributed by atoms with Gasteiger partial charge in [0.25, 0.3) is 5.91 Å². The summed E-state index contributed by atoms with van der Waals surface area (Å²) in [4.78, 5) is 23.4. The molecule has 6 heteroatoms. The molecule has 1 atom stereocenters. The van der Waals surface area contributed by atoms with Gasteiger partial charge < -0.3 is 19.9 Å². The molecule has 0 saturated heterocycles. The van der Waals surface area contributed by atoms with Gasteiger partial charge in [0.2, 0.25) is 0 Å². The summed E-state index contributed by atoms with van der Waals surface area (Å²) in [5.74, 6) is -1.06. The minimum absolute atomic E-state index is 0.273. The number of hydrogen-bond donors (Lipinski definition) is 2. The Balaban J connectivity index is 2.02. The molecule has 2 rings (SSSR count). The maximum absolute atomic E-state index is 12.5. The minimum Gasteiger partial charge on any atom is -0.490 e. The molecule has 1 amide bonds. The predicted octanol–water partition coefficient (Wildman–Crippen LogP) is 3.23. The van der Waals surface area contributed by atoms with Crippen molar-refractivity contribution < 1.29 is 24.2 Å². The van der Waals surface area contributed by atoms with Crippen LogP contribution in [0.25, 0.3) is 0 Å². The van der Waals surface area contributed by atoms with E-state index in [9.17, 15) is 9.59 Å². The topological polar surface area (TPSA) is 84.9 Å². The van der Waals surface area contributed by atoms with E-state index in [0.717, 1.165) is 5.56 Å². The van der Waals surface area contributed by atoms with Crippen LogP contribution < -0.4 is 10.1 Å². The first-order valence-corrected chi connectivity index (χ1v) is 8.35. The van der Waals surface area contributed by atoms with Gasteiger partial charge in [-0.1, -0.05) is 31.2 Å². The monoisotopic (exact) mass is 357 g/mol. The van der Waals surface area contributed by atoms with Gasteiger partial charge in [-0.2, -0.15) is 0 Å². The second-order valence-corrected chi connectivity index (χ2v) is 5.93. The molecule has 0 aromatic heterocycles. The van der Waals surface area contributed by atoms with Crippen LogP contribution in [0, 0.1) is 5.92 Å². The number of aliphatic carboxylic acids is 1. The van der Waals surface area contributed by atoms with E-state index in [2.05, 4.69) is 5.32 Å². The molecule has 2 N–H and O–H groups in total. The average Bonchev–Trinajstić information content (AvgIpc) is 2.63. The fraction of sp³-hybridized carbons (Fsp3) is 0.300. The highest BCUT2D eigenvalue weighted by Gasteiger charge is 2.14. The van der Waals surface area contributed by atoms with E-state index in [1.54, 1.807) is 50.4 Å². The zero-order valence-electron chi connectivity index (χ0n) is 14.9. The van der Waals surface area contributed by atoms with E-state index in [0.29, 0.717) is 36.6 Å². The smallest absolute Gasteiger partial charge is 0.306 e. The van der Waals surface area contributed by atoms with E-state index in [-0.39, 0.29) is 5.91 Å². The van der Waals surface area contributed by atoms with Gasteiger partial charge in [-0.15, -0.1) is 0 Å². The molecule has 6 nitrogen and oxygen atoms in total. The first-order chi connectivity index (χ1) is 12.5. The number of methoxy groups -OCH3 is 1. The molecule has 1 unspecified atom stereocenters. The fourth-order valence-electron chi connectivity index (χ4n) is 2.38. The van der Waals surface area contributed by atoms with Crippen LogP contribution in [0.3, 0.4) is 0 Å². The molecule has 0 spiro atoms. The first-order valence-electron chi connectivity index (χ1n) is 8.35. The van der Waals surface area contributed by atoms with Crippen LogP contribution in [0.5, 0.6) is 5.75 Å². The van der Waals surface area contributed by atoms with Gasteiger partial charge in [0.05, 0.1) is 18.1 Å². The Bertz CT molecular complexity index is 742. The number of rotatable bonds is 9. The summed E-state index contributed by atoms with van der Waals surface area (Å²) < 4.78 is 10.5. The van der Waals surface area contributed by atoms with Crippen molar-refractivity contribution in [1.29, 1.82) is 0 Å². The van der Waals surface area contributed by atoms with Gasteiger partial charge in [-0.05, 0) is 36.2 Å². The zero-order chi connectivity index (χ0) is 18.9. The Labute approximate surface area is 152 Å². The molecule has 2 aromatic rings. The summed E-state index contributed by atoms with van der Waals surface area (Å²) in [6.07, 6.45) is 0.444. The van der Waals surface area contributed by atoms with E-state index < -0.39 is 11.9 Å².